The first-order chi connectivity index (χ1) is 7.08. The summed E-state index contributed by atoms with van der Waals surface area (Å²) in [6.07, 6.45) is 0. The van der Waals surface area contributed by atoms with Crippen LogP contribution in [0.5, 0.6) is 0 Å². The molecule has 0 radical (unpaired) electrons. The molecule has 0 saturated carbocycles. The van der Waals surface area contributed by atoms with Crippen molar-refractivity contribution < 1.29 is 9.34 Å². The minimum atomic E-state index is -0.441. The highest BCUT2D eigenvalue weighted by atomic mass is 16.6. The maximum absolute atomic E-state index is 10.5. The summed E-state index contributed by atoms with van der Waals surface area (Å²) < 4.78 is 5.43. The standard InChI is InChI=1S/C10H10N2O3/c1-6(2)10-11-8-5-7(12(13)14)3-4-9(8)15-10/h3-6H,1-2H3. The molecule has 5 heteroatoms. The summed E-state index contributed by atoms with van der Waals surface area (Å²) in [6, 6.07) is 4.41. The minimum absolute atomic E-state index is 0.0334. The first-order valence-corrected chi connectivity index (χ1v) is 4.63. The van der Waals surface area contributed by atoms with E-state index in [-0.39, 0.29) is 11.6 Å². The third-order valence-electron chi connectivity index (χ3n) is 2.09. The first kappa shape index (κ1) is 9.64. The predicted octanol–water partition coefficient (Wildman–Crippen LogP) is 2.86. The molecule has 0 aliphatic carbocycles. The quantitative estimate of drug-likeness (QED) is 0.559. The fourth-order valence-corrected chi connectivity index (χ4v) is 1.29. The summed E-state index contributed by atoms with van der Waals surface area (Å²) in [6.45, 7) is 3.91. The number of fused-ring (bicyclic) bond motifs is 1. The average molecular weight is 206 g/mol. The SMILES string of the molecule is CC(C)c1nc2cc([N+](=O)[O-])ccc2o1. The molecule has 1 aromatic carbocycles. The van der Waals surface area contributed by atoms with Gasteiger partial charge in [-0.05, 0) is 6.07 Å². The summed E-state index contributed by atoms with van der Waals surface area (Å²) in [4.78, 5) is 14.3. The zero-order valence-electron chi connectivity index (χ0n) is 8.43. The molecule has 0 aliphatic heterocycles. The van der Waals surface area contributed by atoms with Crippen LogP contribution in [0.25, 0.3) is 11.1 Å². The van der Waals surface area contributed by atoms with Crippen molar-refractivity contribution in [2.45, 2.75) is 19.8 Å². The van der Waals surface area contributed by atoms with Gasteiger partial charge in [0, 0.05) is 18.1 Å². The summed E-state index contributed by atoms with van der Waals surface area (Å²) in [7, 11) is 0. The lowest BCUT2D eigenvalue weighted by Gasteiger charge is -1.93. The smallest absolute Gasteiger partial charge is 0.271 e. The van der Waals surface area contributed by atoms with Crippen molar-refractivity contribution in [3.8, 4) is 0 Å². The van der Waals surface area contributed by atoms with E-state index in [0.717, 1.165) is 0 Å². The van der Waals surface area contributed by atoms with E-state index in [4.69, 9.17) is 4.42 Å². The van der Waals surface area contributed by atoms with Crippen LogP contribution in [0.4, 0.5) is 5.69 Å². The van der Waals surface area contributed by atoms with Gasteiger partial charge in [0.1, 0.15) is 5.52 Å². The van der Waals surface area contributed by atoms with Gasteiger partial charge in [0.2, 0.25) is 0 Å². The molecule has 0 saturated heterocycles. The third-order valence-corrected chi connectivity index (χ3v) is 2.09. The molecule has 1 aromatic heterocycles. The number of oxazole rings is 1. The Labute approximate surface area is 85.9 Å². The lowest BCUT2D eigenvalue weighted by molar-refractivity contribution is -0.384. The van der Waals surface area contributed by atoms with E-state index in [1.165, 1.54) is 12.1 Å². The maximum atomic E-state index is 10.5. The number of nitro benzene ring substituents is 1. The first-order valence-electron chi connectivity index (χ1n) is 4.63. The van der Waals surface area contributed by atoms with Crippen LogP contribution in [-0.2, 0) is 0 Å². The molecule has 5 nitrogen and oxygen atoms in total. The van der Waals surface area contributed by atoms with E-state index in [9.17, 15) is 10.1 Å². The largest absolute Gasteiger partial charge is 0.440 e. The van der Waals surface area contributed by atoms with Crippen molar-refractivity contribution in [1.29, 1.82) is 0 Å². The molecule has 0 spiro atoms. The lowest BCUT2D eigenvalue weighted by atomic mass is 10.2. The normalized spacial score (nSPS) is 11.1. The number of hydrogen-bond donors (Lipinski definition) is 0. The Morgan fingerprint density at radius 1 is 1.47 bits per heavy atom. The Morgan fingerprint density at radius 3 is 2.80 bits per heavy atom. The molecule has 0 unspecified atom stereocenters. The van der Waals surface area contributed by atoms with E-state index in [1.54, 1.807) is 6.07 Å². The second kappa shape index (κ2) is 3.34. The van der Waals surface area contributed by atoms with E-state index in [1.807, 2.05) is 13.8 Å². The van der Waals surface area contributed by atoms with E-state index < -0.39 is 4.92 Å². The van der Waals surface area contributed by atoms with Gasteiger partial charge in [0.05, 0.1) is 4.92 Å². The Bertz CT molecular complexity index is 516. The summed E-state index contributed by atoms with van der Waals surface area (Å²) >= 11 is 0. The third kappa shape index (κ3) is 1.68. The molecule has 0 atom stereocenters. The van der Waals surface area contributed by atoms with E-state index >= 15 is 0 Å². The molecule has 2 aromatic rings. The number of benzene rings is 1. The highest BCUT2D eigenvalue weighted by molar-refractivity contribution is 5.75. The van der Waals surface area contributed by atoms with Crippen molar-refractivity contribution in [3.63, 3.8) is 0 Å². The van der Waals surface area contributed by atoms with Gasteiger partial charge >= 0.3 is 0 Å². The number of nitro groups is 1. The maximum Gasteiger partial charge on any atom is 0.271 e. The predicted molar refractivity (Wildman–Crippen MR) is 54.8 cm³/mol. The van der Waals surface area contributed by atoms with Gasteiger partial charge in [-0.1, -0.05) is 13.8 Å². The number of nitrogens with zero attached hydrogens (tertiary/aromatic N) is 2. The van der Waals surface area contributed by atoms with Crippen molar-refractivity contribution in [3.05, 3.63) is 34.2 Å². The molecule has 0 amide bonds. The summed E-state index contributed by atoms with van der Waals surface area (Å²) in [5.41, 5.74) is 1.16. The average Bonchev–Trinajstić information content (AvgIpc) is 2.59. The van der Waals surface area contributed by atoms with Gasteiger partial charge < -0.3 is 4.42 Å². The van der Waals surface area contributed by atoms with Crippen molar-refractivity contribution in [1.82, 2.24) is 4.98 Å². The van der Waals surface area contributed by atoms with Gasteiger partial charge in [-0.25, -0.2) is 4.98 Å². The number of aromatic nitrogens is 1. The fourth-order valence-electron chi connectivity index (χ4n) is 1.29. The zero-order valence-corrected chi connectivity index (χ0v) is 8.43. The zero-order chi connectivity index (χ0) is 11.0. The van der Waals surface area contributed by atoms with Crippen LogP contribution in [0.2, 0.25) is 0 Å². The number of non-ortho nitro benzene ring substituents is 1. The van der Waals surface area contributed by atoms with Crippen LogP contribution < -0.4 is 0 Å². The molecule has 0 bridgehead atoms. The molecule has 15 heavy (non-hydrogen) atoms. The molecule has 0 aliphatic rings. The van der Waals surface area contributed by atoms with Gasteiger partial charge in [-0.3, -0.25) is 10.1 Å². The molecule has 1 heterocycles. The van der Waals surface area contributed by atoms with Crippen LogP contribution in [0.3, 0.4) is 0 Å². The highest BCUT2D eigenvalue weighted by Gasteiger charge is 2.12. The highest BCUT2D eigenvalue weighted by Crippen LogP contribution is 2.24. The van der Waals surface area contributed by atoms with E-state index in [0.29, 0.717) is 17.0 Å². The Morgan fingerprint density at radius 2 is 2.20 bits per heavy atom. The van der Waals surface area contributed by atoms with Gasteiger partial charge in [-0.2, -0.15) is 0 Å². The van der Waals surface area contributed by atoms with Gasteiger partial charge in [-0.15, -0.1) is 0 Å². The molecule has 0 fully saturated rings. The molecule has 0 N–H and O–H groups in total. The minimum Gasteiger partial charge on any atom is -0.440 e. The van der Waals surface area contributed by atoms with Crippen molar-refractivity contribution in [2.75, 3.05) is 0 Å². The van der Waals surface area contributed by atoms with Crippen LogP contribution in [-0.4, -0.2) is 9.91 Å². The molecular formula is C10H10N2O3. The van der Waals surface area contributed by atoms with Crippen LogP contribution >= 0.6 is 0 Å². The second-order valence-corrected chi connectivity index (χ2v) is 3.62. The lowest BCUT2D eigenvalue weighted by Crippen LogP contribution is -1.87. The Balaban J connectivity index is 2.57. The van der Waals surface area contributed by atoms with Gasteiger partial charge in [0.15, 0.2) is 11.5 Å². The summed E-state index contributed by atoms with van der Waals surface area (Å²) in [5.74, 6) is 0.780. The van der Waals surface area contributed by atoms with E-state index in [2.05, 4.69) is 4.98 Å². The van der Waals surface area contributed by atoms with Crippen LogP contribution in [0.15, 0.2) is 22.6 Å². The second-order valence-electron chi connectivity index (χ2n) is 3.62. The summed E-state index contributed by atoms with van der Waals surface area (Å²) in [5, 5.41) is 10.5. The fraction of sp³-hybridized carbons (Fsp3) is 0.300. The van der Waals surface area contributed by atoms with Crippen LogP contribution in [0, 0.1) is 10.1 Å². The Hall–Kier alpha value is -1.91. The number of rotatable bonds is 2. The number of hydrogen-bond acceptors (Lipinski definition) is 4. The molecular weight excluding hydrogens is 196 g/mol. The van der Waals surface area contributed by atoms with Crippen molar-refractivity contribution in [2.24, 2.45) is 0 Å². The van der Waals surface area contributed by atoms with Gasteiger partial charge in [0.25, 0.3) is 5.69 Å². The van der Waals surface area contributed by atoms with Crippen LogP contribution in [0.1, 0.15) is 25.7 Å². The topological polar surface area (TPSA) is 69.2 Å². The monoisotopic (exact) mass is 206 g/mol. The molecule has 78 valence electrons. The Kier molecular flexibility index (Phi) is 2.15. The molecule has 2 rings (SSSR count). The van der Waals surface area contributed by atoms with Crippen molar-refractivity contribution >= 4 is 16.8 Å².